The van der Waals surface area contributed by atoms with Crippen molar-refractivity contribution in [1.29, 1.82) is 0 Å². The average Bonchev–Trinajstić information content (AvgIpc) is 2.34. The maximum atomic E-state index is 5.54. The van der Waals surface area contributed by atoms with Gasteiger partial charge >= 0.3 is 0 Å². The van der Waals surface area contributed by atoms with Gasteiger partial charge in [0.1, 0.15) is 6.73 Å². The zero-order valence-corrected chi connectivity index (χ0v) is 10.8. The van der Waals surface area contributed by atoms with Gasteiger partial charge in [-0.2, -0.15) is 0 Å². The van der Waals surface area contributed by atoms with Gasteiger partial charge in [-0.1, -0.05) is 6.92 Å². The van der Waals surface area contributed by atoms with E-state index in [0.29, 0.717) is 24.8 Å². The number of ether oxygens (including phenoxy) is 2. The molecule has 1 aliphatic rings. The minimum atomic E-state index is 0.294. The van der Waals surface area contributed by atoms with Crippen molar-refractivity contribution in [3.05, 3.63) is 0 Å². The Morgan fingerprint density at radius 1 is 1.38 bits per heavy atom. The van der Waals surface area contributed by atoms with Crippen LogP contribution in [0, 0.1) is 5.92 Å². The van der Waals surface area contributed by atoms with Crippen molar-refractivity contribution >= 4 is 6.34 Å². The van der Waals surface area contributed by atoms with Gasteiger partial charge in [0.15, 0.2) is 0 Å². The molecule has 0 bridgehead atoms. The van der Waals surface area contributed by atoms with Crippen molar-refractivity contribution in [2.45, 2.75) is 38.8 Å². The third kappa shape index (κ3) is 3.76. The van der Waals surface area contributed by atoms with Gasteiger partial charge in [0.05, 0.1) is 18.5 Å². The van der Waals surface area contributed by atoms with Gasteiger partial charge in [-0.15, -0.1) is 0 Å². The highest BCUT2D eigenvalue weighted by molar-refractivity contribution is 5.55. The van der Waals surface area contributed by atoms with Crippen LogP contribution < -0.4 is 0 Å². The lowest BCUT2D eigenvalue weighted by molar-refractivity contribution is 0.0418. The third-order valence-electron chi connectivity index (χ3n) is 3.34. The third-order valence-corrected chi connectivity index (χ3v) is 3.34. The molecule has 0 aliphatic carbocycles. The van der Waals surface area contributed by atoms with E-state index in [1.165, 1.54) is 0 Å². The van der Waals surface area contributed by atoms with Crippen molar-refractivity contribution in [3.63, 3.8) is 0 Å². The lowest BCUT2D eigenvalue weighted by atomic mass is 9.94. The Labute approximate surface area is 98.6 Å². The fourth-order valence-electron chi connectivity index (χ4n) is 2.06. The number of nitrogens with zero attached hydrogens (tertiary/aromatic N) is 2. The lowest BCUT2D eigenvalue weighted by Gasteiger charge is -2.24. The first-order valence-corrected chi connectivity index (χ1v) is 5.98. The number of methoxy groups -OCH3 is 2. The summed E-state index contributed by atoms with van der Waals surface area (Å²) in [5, 5.41) is 0. The summed E-state index contributed by atoms with van der Waals surface area (Å²) in [6.07, 6.45) is 4.44. The molecule has 0 spiro atoms. The minimum Gasteiger partial charge on any atom is -0.381 e. The molecule has 3 atom stereocenters. The summed E-state index contributed by atoms with van der Waals surface area (Å²) in [5.41, 5.74) is 0. The molecule has 0 N–H and O–H groups in total. The quantitative estimate of drug-likeness (QED) is 0.738. The van der Waals surface area contributed by atoms with Crippen molar-refractivity contribution in [3.8, 4) is 0 Å². The van der Waals surface area contributed by atoms with Crippen LogP contribution in [0.3, 0.4) is 0 Å². The van der Waals surface area contributed by atoms with Crippen LogP contribution >= 0.6 is 0 Å². The average molecular weight is 228 g/mol. The van der Waals surface area contributed by atoms with Gasteiger partial charge in [0, 0.05) is 26.7 Å². The van der Waals surface area contributed by atoms with Crippen LogP contribution in [-0.2, 0) is 9.47 Å². The summed E-state index contributed by atoms with van der Waals surface area (Å²) >= 11 is 0. The second-order valence-corrected chi connectivity index (χ2v) is 4.51. The summed E-state index contributed by atoms with van der Waals surface area (Å²) in [6, 6.07) is 0.294. The van der Waals surface area contributed by atoms with E-state index in [1.54, 1.807) is 14.2 Å². The summed E-state index contributed by atoms with van der Waals surface area (Å²) in [5.74, 6) is 0.462. The topological polar surface area (TPSA) is 34.1 Å². The highest BCUT2D eigenvalue weighted by Crippen LogP contribution is 2.20. The van der Waals surface area contributed by atoms with E-state index in [0.717, 1.165) is 19.4 Å². The number of rotatable bonds is 3. The molecule has 0 aromatic heterocycles. The van der Waals surface area contributed by atoms with Gasteiger partial charge in [-0.05, 0) is 19.8 Å². The summed E-state index contributed by atoms with van der Waals surface area (Å²) in [6.45, 7) is 5.95. The van der Waals surface area contributed by atoms with E-state index >= 15 is 0 Å². The van der Waals surface area contributed by atoms with Crippen LogP contribution in [-0.4, -0.2) is 50.9 Å². The molecule has 1 rings (SSSR count). The monoisotopic (exact) mass is 228 g/mol. The standard InChI is InChI=1S/C12H24N2O2/c1-10-11(2)13-8-14(9-15-3)7-5-6-12(10)16-4/h8,10-12H,5-7,9H2,1-4H3/b13-8-/t10?,11-,12+/m0/s1. The number of hydrogen-bond acceptors (Lipinski definition) is 4. The first-order chi connectivity index (χ1) is 7.69. The van der Waals surface area contributed by atoms with Gasteiger partial charge in [0.2, 0.25) is 0 Å². The minimum absolute atomic E-state index is 0.294. The normalized spacial score (nSPS) is 34.0. The van der Waals surface area contributed by atoms with Crippen LogP contribution in [0.2, 0.25) is 0 Å². The van der Waals surface area contributed by atoms with Crippen LogP contribution in [0.25, 0.3) is 0 Å². The number of hydrogen-bond donors (Lipinski definition) is 0. The van der Waals surface area contributed by atoms with E-state index in [4.69, 9.17) is 9.47 Å². The Hall–Kier alpha value is -0.610. The van der Waals surface area contributed by atoms with E-state index < -0.39 is 0 Å². The van der Waals surface area contributed by atoms with Crippen LogP contribution in [0.4, 0.5) is 0 Å². The van der Waals surface area contributed by atoms with E-state index in [1.807, 2.05) is 6.34 Å². The molecule has 0 saturated heterocycles. The largest absolute Gasteiger partial charge is 0.381 e. The molecule has 0 aromatic carbocycles. The highest BCUT2D eigenvalue weighted by Gasteiger charge is 2.23. The van der Waals surface area contributed by atoms with Crippen LogP contribution in [0.5, 0.6) is 0 Å². The van der Waals surface area contributed by atoms with Gasteiger partial charge in [-0.3, -0.25) is 4.99 Å². The Morgan fingerprint density at radius 2 is 2.12 bits per heavy atom. The smallest absolute Gasteiger partial charge is 0.119 e. The van der Waals surface area contributed by atoms with E-state index in [2.05, 4.69) is 23.7 Å². The fraction of sp³-hybridized carbons (Fsp3) is 0.917. The van der Waals surface area contributed by atoms with Gasteiger partial charge in [0.25, 0.3) is 0 Å². The SMILES string of the molecule is COCN1/C=N\[C@@H](C)C(C)[C@H](OC)CCC1. The van der Waals surface area contributed by atoms with Crippen molar-refractivity contribution in [2.24, 2.45) is 10.9 Å². The second-order valence-electron chi connectivity index (χ2n) is 4.51. The van der Waals surface area contributed by atoms with Gasteiger partial charge in [-0.25, -0.2) is 0 Å². The Kier molecular flexibility index (Phi) is 5.77. The summed E-state index contributed by atoms with van der Waals surface area (Å²) in [4.78, 5) is 6.68. The molecule has 0 amide bonds. The molecule has 16 heavy (non-hydrogen) atoms. The molecule has 0 radical (unpaired) electrons. The predicted octanol–water partition coefficient (Wildman–Crippen LogP) is 1.75. The zero-order chi connectivity index (χ0) is 12.0. The molecule has 1 aliphatic heterocycles. The highest BCUT2D eigenvalue weighted by atomic mass is 16.5. The first-order valence-electron chi connectivity index (χ1n) is 5.98. The Bertz CT molecular complexity index is 221. The van der Waals surface area contributed by atoms with Crippen molar-refractivity contribution in [1.82, 2.24) is 4.90 Å². The fourth-order valence-corrected chi connectivity index (χ4v) is 2.06. The molecule has 0 saturated carbocycles. The zero-order valence-electron chi connectivity index (χ0n) is 10.8. The molecule has 1 heterocycles. The predicted molar refractivity (Wildman–Crippen MR) is 65.7 cm³/mol. The lowest BCUT2D eigenvalue weighted by Crippen LogP contribution is -2.28. The summed E-state index contributed by atoms with van der Waals surface area (Å²) in [7, 11) is 3.51. The second kappa shape index (κ2) is 6.86. The molecule has 4 heteroatoms. The Morgan fingerprint density at radius 3 is 2.75 bits per heavy atom. The molecule has 4 nitrogen and oxygen atoms in total. The Balaban J connectivity index is 2.64. The molecule has 1 unspecified atom stereocenters. The molecule has 94 valence electrons. The maximum Gasteiger partial charge on any atom is 0.119 e. The van der Waals surface area contributed by atoms with E-state index in [-0.39, 0.29) is 0 Å². The molecular weight excluding hydrogens is 204 g/mol. The maximum absolute atomic E-state index is 5.54. The first kappa shape index (κ1) is 13.5. The number of aliphatic imine (C=N–C) groups is 1. The molecule has 0 fully saturated rings. The molecular formula is C12H24N2O2. The van der Waals surface area contributed by atoms with Gasteiger partial charge < -0.3 is 14.4 Å². The van der Waals surface area contributed by atoms with Crippen molar-refractivity contribution < 1.29 is 9.47 Å². The van der Waals surface area contributed by atoms with Crippen molar-refractivity contribution in [2.75, 3.05) is 27.5 Å². The summed E-state index contributed by atoms with van der Waals surface area (Å²) < 4.78 is 10.7. The van der Waals surface area contributed by atoms with E-state index in [9.17, 15) is 0 Å². The van der Waals surface area contributed by atoms with Crippen LogP contribution in [0.1, 0.15) is 26.7 Å². The van der Waals surface area contributed by atoms with Crippen LogP contribution in [0.15, 0.2) is 4.99 Å². The molecule has 0 aromatic rings.